The number of carbonyl (C=O) groups excluding carboxylic acids is 3. The van der Waals surface area contributed by atoms with Gasteiger partial charge >= 0.3 is 12.1 Å². The van der Waals surface area contributed by atoms with E-state index in [1.807, 2.05) is 12.1 Å². The Hall–Kier alpha value is -3.89. The fourth-order valence-corrected chi connectivity index (χ4v) is 4.25. The molecule has 0 bridgehead atoms. The zero-order valence-corrected chi connectivity index (χ0v) is 22.1. The predicted octanol–water partition coefficient (Wildman–Crippen LogP) is 2.56. The number of aryl methyl sites for hydroxylation is 3. The lowest BCUT2D eigenvalue weighted by Crippen LogP contribution is -2.50. The second-order valence-electron chi connectivity index (χ2n) is 10.0. The maximum absolute atomic E-state index is 13.1. The van der Waals surface area contributed by atoms with E-state index in [0.29, 0.717) is 23.8 Å². The van der Waals surface area contributed by atoms with Gasteiger partial charge in [-0.2, -0.15) is 0 Å². The van der Waals surface area contributed by atoms with Gasteiger partial charge in [0.05, 0.1) is 30.6 Å². The Morgan fingerprint density at radius 2 is 1.84 bits per heavy atom. The maximum Gasteiger partial charge on any atom is 0.407 e. The number of phenolic OH excluding ortho intramolecular Hbond substituents is 1. The van der Waals surface area contributed by atoms with Gasteiger partial charge in [-0.25, -0.2) is 19.6 Å². The van der Waals surface area contributed by atoms with Crippen molar-refractivity contribution in [3.8, 4) is 5.75 Å². The summed E-state index contributed by atoms with van der Waals surface area (Å²) < 4.78 is 9.95. The summed E-state index contributed by atoms with van der Waals surface area (Å²) in [4.78, 5) is 46.2. The highest BCUT2D eigenvalue weighted by Gasteiger charge is 2.27. The number of fused-ring (bicyclic) bond motifs is 1. The number of nitrogens with one attached hydrogen (secondary N) is 3. The fraction of sp³-hybridized carbons (Fsp3) is 0.500. The minimum atomic E-state index is -1.14. The van der Waals surface area contributed by atoms with Crippen LogP contribution >= 0.6 is 0 Å². The maximum atomic E-state index is 13.1. The molecule has 11 nitrogen and oxygen atoms in total. The van der Waals surface area contributed by atoms with Crippen LogP contribution in [0.3, 0.4) is 0 Å². The molecule has 0 saturated carbocycles. The first-order valence-electron chi connectivity index (χ1n) is 12.1. The summed E-state index contributed by atoms with van der Waals surface area (Å²) >= 11 is 0. The topological polar surface area (TPSA) is 152 Å². The van der Waals surface area contributed by atoms with E-state index in [9.17, 15) is 19.5 Å². The molecular weight excluding hydrogens is 478 g/mol. The monoisotopic (exact) mass is 513 g/mol. The zero-order chi connectivity index (χ0) is 27.3. The molecule has 0 radical (unpaired) electrons. The second-order valence-corrected chi connectivity index (χ2v) is 10.0. The van der Waals surface area contributed by atoms with E-state index in [0.717, 1.165) is 24.0 Å². The van der Waals surface area contributed by atoms with Crippen molar-refractivity contribution in [2.24, 2.45) is 0 Å². The van der Waals surface area contributed by atoms with Crippen molar-refractivity contribution in [1.82, 2.24) is 20.6 Å². The lowest BCUT2D eigenvalue weighted by molar-refractivity contribution is -0.142. The Labute approximate surface area is 216 Å². The average Bonchev–Trinajstić information content (AvgIpc) is 2.80. The molecule has 2 aromatic rings. The van der Waals surface area contributed by atoms with Gasteiger partial charge in [0.1, 0.15) is 17.4 Å². The molecule has 0 aliphatic heterocycles. The van der Waals surface area contributed by atoms with Crippen molar-refractivity contribution >= 4 is 23.9 Å². The third-order valence-electron chi connectivity index (χ3n) is 5.93. The van der Waals surface area contributed by atoms with Gasteiger partial charge in [-0.1, -0.05) is 12.1 Å². The molecule has 2 amide bonds. The summed E-state index contributed by atoms with van der Waals surface area (Å²) in [5, 5.41) is 18.6. The highest BCUT2D eigenvalue weighted by molar-refractivity contribution is 5.98. The van der Waals surface area contributed by atoms with E-state index in [1.165, 1.54) is 7.11 Å². The standard InChI is InChI=1S/C26H35N5O6/c1-14-21(22(33)31-19(23(34)36-6)13-27-25(35)37-26(3,4)5)15(2)29-24(28-14)30-17-11-10-16-8-7-9-20(32)18(16)12-17/h7-9,17,19,32H,10-13H2,1-6H3,(H,27,35)(H,31,33)(H,28,29,30)/t17?,19-/m0/s1. The molecule has 1 heterocycles. The molecule has 0 spiro atoms. The highest BCUT2D eigenvalue weighted by Crippen LogP contribution is 2.29. The number of nitrogens with zero attached hydrogens (tertiary/aromatic N) is 2. The second kappa shape index (κ2) is 11.4. The lowest BCUT2D eigenvalue weighted by atomic mass is 9.88. The molecule has 2 atom stereocenters. The van der Waals surface area contributed by atoms with Crippen LogP contribution in [0.1, 0.15) is 60.1 Å². The summed E-state index contributed by atoms with van der Waals surface area (Å²) in [6.45, 7) is 8.29. The van der Waals surface area contributed by atoms with Crippen LogP contribution in [-0.2, 0) is 27.1 Å². The van der Waals surface area contributed by atoms with Crippen molar-refractivity contribution in [1.29, 1.82) is 0 Å². The van der Waals surface area contributed by atoms with Crippen LogP contribution in [0.5, 0.6) is 5.75 Å². The number of benzene rings is 1. The van der Waals surface area contributed by atoms with Crippen molar-refractivity contribution in [3.05, 3.63) is 46.3 Å². The zero-order valence-electron chi connectivity index (χ0n) is 22.1. The van der Waals surface area contributed by atoms with Gasteiger partial charge in [0.15, 0.2) is 0 Å². The van der Waals surface area contributed by atoms with Gasteiger partial charge in [-0.15, -0.1) is 0 Å². The normalized spacial score (nSPS) is 15.7. The Kier molecular flexibility index (Phi) is 8.57. The first kappa shape index (κ1) is 27.7. The lowest BCUT2D eigenvalue weighted by Gasteiger charge is -2.26. The van der Waals surface area contributed by atoms with Crippen molar-refractivity contribution in [2.75, 3.05) is 19.0 Å². The Morgan fingerprint density at radius 1 is 1.16 bits per heavy atom. The van der Waals surface area contributed by atoms with Gasteiger partial charge < -0.3 is 30.5 Å². The SMILES string of the molecule is COC(=O)[C@H](CNC(=O)OC(C)(C)C)NC(=O)c1c(C)nc(NC2CCc3cccc(O)c3C2)nc1C. The number of aromatic hydroxyl groups is 1. The molecule has 3 rings (SSSR count). The molecule has 1 aromatic carbocycles. The van der Waals surface area contributed by atoms with Crippen molar-refractivity contribution in [3.63, 3.8) is 0 Å². The number of phenols is 1. The van der Waals surface area contributed by atoms with E-state index < -0.39 is 29.6 Å². The summed E-state index contributed by atoms with van der Waals surface area (Å²) in [7, 11) is 1.19. The number of carbonyl (C=O) groups is 3. The third kappa shape index (κ3) is 7.31. The molecule has 4 N–H and O–H groups in total. The third-order valence-corrected chi connectivity index (χ3v) is 5.93. The largest absolute Gasteiger partial charge is 0.508 e. The van der Waals surface area contributed by atoms with E-state index in [2.05, 4.69) is 25.9 Å². The smallest absolute Gasteiger partial charge is 0.407 e. The Morgan fingerprint density at radius 3 is 2.46 bits per heavy atom. The first-order chi connectivity index (χ1) is 17.4. The van der Waals surface area contributed by atoms with Crippen LogP contribution in [0.15, 0.2) is 18.2 Å². The predicted molar refractivity (Wildman–Crippen MR) is 137 cm³/mol. The van der Waals surface area contributed by atoms with Crippen molar-refractivity contribution in [2.45, 2.75) is 71.6 Å². The number of alkyl carbamates (subject to hydrolysis) is 1. The fourth-order valence-electron chi connectivity index (χ4n) is 4.25. The number of anilines is 1. The van der Waals surface area contributed by atoms with Gasteiger partial charge in [0.2, 0.25) is 5.95 Å². The number of amides is 2. The molecule has 1 unspecified atom stereocenters. The molecule has 1 aliphatic rings. The molecule has 37 heavy (non-hydrogen) atoms. The number of rotatable bonds is 7. The molecule has 0 fully saturated rings. The summed E-state index contributed by atoms with van der Waals surface area (Å²) in [5.74, 6) is -0.628. The summed E-state index contributed by atoms with van der Waals surface area (Å²) in [6.07, 6.45) is 1.59. The molecule has 1 aromatic heterocycles. The number of esters is 1. The number of hydrogen-bond acceptors (Lipinski definition) is 9. The number of ether oxygens (including phenoxy) is 2. The molecule has 200 valence electrons. The molecule has 11 heteroatoms. The van der Waals surface area contributed by atoms with Crippen LogP contribution in [0.4, 0.5) is 10.7 Å². The van der Waals surface area contributed by atoms with Gasteiger partial charge in [0.25, 0.3) is 5.91 Å². The highest BCUT2D eigenvalue weighted by atomic mass is 16.6. The van der Waals surface area contributed by atoms with Crippen LogP contribution in [0.2, 0.25) is 0 Å². The van der Waals surface area contributed by atoms with Crippen LogP contribution in [-0.4, -0.2) is 64.4 Å². The Bertz CT molecular complexity index is 1150. The van der Waals surface area contributed by atoms with Gasteiger partial charge in [-0.05, 0) is 71.1 Å². The van der Waals surface area contributed by atoms with Gasteiger partial charge in [0, 0.05) is 6.04 Å². The number of hydrogen-bond donors (Lipinski definition) is 4. The number of aromatic nitrogens is 2. The van der Waals surface area contributed by atoms with E-state index in [-0.39, 0.29) is 23.9 Å². The molecule has 0 saturated heterocycles. The number of methoxy groups -OCH3 is 1. The first-order valence-corrected chi connectivity index (χ1v) is 12.1. The van der Waals surface area contributed by atoms with Crippen LogP contribution < -0.4 is 16.0 Å². The minimum Gasteiger partial charge on any atom is -0.508 e. The average molecular weight is 514 g/mol. The summed E-state index contributed by atoms with van der Waals surface area (Å²) in [6, 6.07) is 4.44. The van der Waals surface area contributed by atoms with E-state index in [4.69, 9.17) is 9.47 Å². The Balaban J connectivity index is 1.69. The molecule has 1 aliphatic carbocycles. The van der Waals surface area contributed by atoms with Crippen molar-refractivity contribution < 1.29 is 29.0 Å². The molecular formula is C26H35N5O6. The van der Waals surface area contributed by atoms with E-state index in [1.54, 1.807) is 40.7 Å². The van der Waals surface area contributed by atoms with Crippen LogP contribution in [0, 0.1) is 13.8 Å². The van der Waals surface area contributed by atoms with Crippen LogP contribution in [0.25, 0.3) is 0 Å². The van der Waals surface area contributed by atoms with Gasteiger partial charge in [-0.3, -0.25) is 4.79 Å². The minimum absolute atomic E-state index is 0.0295. The van der Waals surface area contributed by atoms with E-state index >= 15 is 0 Å². The quantitative estimate of drug-likeness (QED) is 0.409. The summed E-state index contributed by atoms with van der Waals surface area (Å²) in [5.41, 5.74) is 2.43.